The second-order valence-corrected chi connectivity index (χ2v) is 1.64. The molecule has 0 bridgehead atoms. The van der Waals surface area contributed by atoms with Crippen molar-refractivity contribution in [2.75, 3.05) is 6.54 Å². The van der Waals surface area contributed by atoms with Gasteiger partial charge >= 0.3 is 0 Å². The van der Waals surface area contributed by atoms with Crippen molar-refractivity contribution in [1.29, 1.82) is 0 Å². The van der Waals surface area contributed by atoms with Gasteiger partial charge in [-0.25, -0.2) is 4.99 Å². The van der Waals surface area contributed by atoms with Crippen LogP contribution < -0.4 is 16.2 Å². The molecule has 0 radical (unpaired) electrons. The third kappa shape index (κ3) is 1.77. The summed E-state index contributed by atoms with van der Waals surface area (Å²) in [6, 6.07) is 0. The summed E-state index contributed by atoms with van der Waals surface area (Å²) < 4.78 is 0. The van der Waals surface area contributed by atoms with Crippen LogP contribution in [0.25, 0.3) is 0 Å². The number of hydrazine groups is 1. The summed E-state index contributed by atoms with van der Waals surface area (Å²) in [7, 11) is 0. The van der Waals surface area contributed by atoms with E-state index in [-0.39, 0.29) is 0 Å². The van der Waals surface area contributed by atoms with Gasteiger partial charge in [-0.05, 0) is 6.08 Å². The summed E-state index contributed by atoms with van der Waals surface area (Å²) in [4.78, 5) is 13.6. The quantitative estimate of drug-likeness (QED) is 0.337. The van der Waals surface area contributed by atoms with Crippen molar-refractivity contribution in [2.45, 2.75) is 0 Å². The van der Waals surface area contributed by atoms with E-state index in [9.17, 15) is 4.79 Å². The number of carbonyl (C=O) groups is 1. The lowest BCUT2D eigenvalue weighted by Gasteiger charge is -2.07. The largest absolute Gasteiger partial charge is 0.372 e. The van der Waals surface area contributed by atoms with Crippen LogP contribution in [0, 0.1) is 0 Å². The van der Waals surface area contributed by atoms with Crippen LogP contribution in [0.15, 0.2) is 16.9 Å². The first-order valence-electron chi connectivity index (χ1n) is 2.85. The van der Waals surface area contributed by atoms with Gasteiger partial charge in [-0.3, -0.25) is 15.6 Å². The van der Waals surface area contributed by atoms with Gasteiger partial charge in [0.05, 0.1) is 6.34 Å². The first kappa shape index (κ1) is 6.60. The van der Waals surface area contributed by atoms with Crippen LogP contribution in [0.1, 0.15) is 0 Å². The van der Waals surface area contributed by atoms with E-state index in [1.54, 1.807) is 6.34 Å². The number of nitrogens with one attached hydrogen (secondary N) is 3. The summed E-state index contributed by atoms with van der Waals surface area (Å²) in [5, 5.41) is 2.87. The normalized spacial score (nSPS) is 15.0. The Morgan fingerprint density at radius 3 is 3.30 bits per heavy atom. The van der Waals surface area contributed by atoms with Crippen LogP contribution in [0.2, 0.25) is 0 Å². The summed E-state index contributed by atoms with van der Waals surface area (Å²) in [6.45, 7) is 0.729. The molecule has 0 unspecified atom stereocenters. The molecule has 0 atom stereocenters. The highest BCUT2D eigenvalue weighted by molar-refractivity contribution is 5.58. The van der Waals surface area contributed by atoms with Crippen LogP contribution in [0.4, 0.5) is 0 Å². The number of rotatable bonds is 3. The first-order chi connectivity index (χ1) is 4.93. The van der Waals surface area contributed by atoms with Crippen molar-refractivity contribution in [3.8, 4) is 0 Å². The monoisotopic (exact) mass is 140 g/mol. The number of carbonyl (C=O) groups excluding carboxylic acids is 1. The molecule has 5 nitrogen and oxygen atoms in total. The minimum Gasteiger partial charge on any atom is -0.372 e. The Bertz CT molecular complexity index is 174. The molecule has 0 aliphatic carbocycles. The fourth-order valence-electron chi connectivity index (χ4n) is 0.563. The summed E-state index contributed by atoms with van der Waals surface area (Å²) in [5.41, 5.74) is 4.85. The topological polar surface area (TPSA) is 65.5 Å². The van der Waals surface area contributed by atoms with Crippen molar-refractivity contribution in [1.82, 2.24) is 16.2 Å². The molecule has 0 saturated heterocycles. The lowest BCUT2D eigenvalue weighted by atomic mass is 10.5. The number of hydrogen-bond donors (Lipinski definition) is 3. The van der Waals surface area contributed by atoms with Gasteiger partial charge in [-0.15, -0.1) is 0 Å². The highest BCUT2D eigenvalue weighted by Gasteiger charge is 1.93. The van der Waals surface area contributed by atoms with E-state index in [0.717, 1.165) is 6.54 Å². The molecule has 1 aliphatic heterocycles. The van der Waals surface area contributed by atoms with E-state index >= 15 is 0 Å². The number of aliphatic imine (C=N–C) groups is 1. The standard InChI is InChI=1S/C5H8N4O/c10-4-8-9-5-1-2-6-3-7-5/h1,3-4,9H,2H2,(H,6,7)(H,8,10). The van der Waals surface area contributed by atoms with E-state index in [1.165, 1.54) is 0 Å². The highest BCUT2D eigenvalue weighted by Crippen LogP contribution is 1.89. The molecule has 0 saturated carbocycles. The molecular formula is C5H8N4O. The number of nitrogens with zero attached hydrogens (tertiary/aromatic N) is 1. The average Bonchev–Trinajstić information content (AvgIpc) is 2.03. The Balaban J connectivity index is 2.32. The summed E-state index contributed by atoms with van der Waals surface area (Å²) in [6.07, 6.45) is 3.93. The predicted molar refractivity (Wildman–Crippen MR) is 36.9 cm³/mol. The van der Waals surface area contributed by atoms with Crippen LogP contribution in [-0.4, -0.2) is 19.3 Å². The molecule has 1 rings (SSSR count). The van der Waals surface area contributed by atoms with Gasteiger partial charge in [-0.1, -0.05) is 0 Å². The van der Waals surface area contributed by atoms with Crippen LogP contribution in [0.5, 0.6) is 0 Å². The Morgan fingerprint density at radius 2 is 2.70 bits per heavy atom. The van der Waals surface area contributed by atoms with Crippen molar-refractivity contribution >= 4 is 12.7 Å². The second kappa shape index (κ2) is 3.49. The molecule has 0 spiro atoms. The highest BCUT2D eigenvalue weighted by atomic mass is 16.1. The summed E-state index contributed by atoms with van der Waals surface area (Å²) in [5.74, 6) is 0.644. The van der Waals surface area contributed by atoms with Crippen LogP contribution in [0.3, 0.4) is 0 Å². The van der Waals surface area contributed by atoms with E-state index < -0.39 is 0 Å². The first-order valence-corrected chi connectivity index (χ1v) is 2.85. The molecule has 5 heteroatoms. The van der Waals surface area contributed by atoms with E-state index in [0.29, 0.717) is 12.2 Å². The molecular weight excluding hydrogens is 132 g/mol. The fourth-order valence-corrected chi connectivity index (χ4v) is 0.563. The Hall–Kier alpha value is -1.52. The third-order valence-electron chi connectivity index (χ3n) is 0.967. The van der Waals surface area contributed by atoms with Gasteiger partial charge < -0.3 is 5.32 Å². The molecule has 0 aromatic rings. The lowest BCUT2D eigenvalue weighted by Crippen LogP contribution is -2.31. The van der Waals surface area contributed by atoms with Gasteiger partial charge in [0.1, 0.15) is 5.82 Å². The minimum atomic E-state index is 0.554. The van der Waals surface area contributed by atoms with E-state index in [4.69, 9.17) is 0 Å². The molecule has 54 valence electrons. The fraction of sp³-hybridized carbons (Fsp3) is 0.200. The molecule has 10 heavy (non-hydrogen) atoms. The van der Waals surface area contributed by atoms with Crippen LogP contribution in [-0.2, 0) is 4.79 Å². The SMILES string of the molecule is O=CNNC1=CCNC=N1. The molecule has 0 aromatic heterocycles. The van der Waals surface area contributed by atoms with E-state index in [1.807, 2.05) is 6.08 Å². The molecule has 0 aromatic carbocycles. The average molecular weight is 140 g/mol. The number of amides is 1. The van der Waals surface area contributed by atoms with Gasteiger partial charge in [0.25, 0.3) is 0 Å². The third-order valence-corrected chi connectivity index (χ3v) is 0.967. The lowest BCUT2D eigenvalue weighted by molar-refractivity contribution is -0.110. The van der Waals surface area contributed by atoms with Crippen molar-refractivity contribution in [2.24, 2.45) is 4.99 Å². The maximum atomic E-state index is 9.78. The van der Waals surface area contributed by atoms with Crippen LogP contribution >= 0.6 is 0 Å². The van der Waals surface area contributed by atoms with Gasteiger partial charge in [0.15, 0.2) is 0 Å². The zero-order chi connectivity index (χ0) is 7.23. The summed E-state index contributed by atoms with van der Waals surface area (Å²) >= 11 is 0. The minimum absolute atomic E-state index is 0.554. The van der Waals surface area contributed by atoms with Crippen molar-refractivity contribution in [3.05, 3.63) is 11.9 Å². The molecule has 3 N–H and O–H groups in total. The van der Waals surface area contributed by atoms with Gasteiger partial charge in [0, 0.05) is 6.54 Å². The van der Waals surface area contributed by atoms with Crippen molar-refractivity contribution < 1.29 is 4.79 Å². The smallest absolute Gasteiger partial charge is 0.225 e. The number of hydrogen-bond acceptors (Lipinski definition) is 4. The van der Waals surface area contributed by atoms with Crippen molar-refractivity contribution in [3.63, 3.8) is 0 Å². The van der Waals surface area contributed by atoms with Gasteiger partial charge in [0.2, 0.25) is 6.41 Å². The maximum absolute atomic E-state index is 9.78. The van der Waals surface area contributed by atoms with E-state index in [2.05, 4.69) is 21.2 Å². The predicted octanol–water partition coefficient (Wildman–Crippen LogP) is -1.29. The van der Waals surface area contributed by atoms with Gasteiger partial charge in [-0.2, -0.15) is 0 Å². The molecule has 0 fully saturated rings. The zero-order valence-corrected chi connectivity index (χ0v) is 5.29. The maximum Gasteiger partial charge on any atom is 0.225 e. The Morgan fingerprint density at radius 1 is 1.80 bits per heavy atom. The second-order valence-electron chi connectivity index (χ2n) is 1.64. The molecule has 1 aliphatic rings. The Kier molecular flexibility index (Phi) is 2.31. The molecule has 1 heterocycles. The molecule has 1 amide bonds. The zero-order valence-electron chi connectivity index (χ0n) is 5.29. The Labute approximate surface area is 58.2 Å².